The van der Waals surface area contributed by atoms with Crippen molar-refractivity contribution in [3.8, 4) is 5.75 Å². The van der Waals surface area contributed by atoms with Crippen molar-refractivity contribution < 1.29 is 17.9 Å². The van der Waals surface area contributed by atoms with Gasteiger partial charge in [-0.2, -0.15) is 13.2 Å². The lowest BCUT2D eigenvalue weighted by molar-refractivity contribution is -0.135. The van der Waals surface area contributed by atoms with Gasteiger partial charge in [0.25, 0.3) is 0 Å². The van der Waals surface area contributed by atoms with Crippen molar-refractivity contribution in [2.45, 2.75) is 38.3 Å². The lowest BCUT2D eigenvalue weighted by Crippen LogP contribution is -2.06. The Labute approximate surface area is 122 Å². The molecule has 0 aliphatic rings. The summed E-state index contributed by atoms with van der Waals surface area (Å²) in [6.07, 6.45) is -2.35. The van der Waals surface area contributed by atoms with E-state index in [1.807, 2.05) is 42.5 Å². The lowest BCUT2D eigenvalue weighted by atomic mass is 10.1. The number of rotatable bonds is 7. The zero-order valence-corrected chi connectivity index (χ0v) is 11.8. The predicted octanol–water partition coefficient (Wildman–Crippen LogP) is 5.73. The van der Waals surface area contributed by atoms with Crippen LogP contribution in [0.5, 0.6) is 5.75 Å². The Hall–Kier alpha value is -1.71. The smallest absolute Gasteiger partial charge is 0.389 e. The summed E-state index contributed by atoms with van der Waals surface area (Å²) in [5.41, 5.74) is 0. The van der Waals surface area contributed by atoms with E-state index in [0.29, 0.717) is 13.0 Å². The van der Waals surface area contributed by atoms with Crippen molar-refractivity contribution in [1.82, 2.24) is 0 Å². The summed E-state index contributed by atoms with van der Waals surface area (Å²) in [6.45, 7) is 0.546. The molecule has 0 saturated heterocycles. The minimum atomic E-state index is -4.03. The number of ether oxygens (including phenoxy) is 1. The van der Waals surface area contributed by atoms with Crippen molar-refractivity contribution in [1.29, 1.82) is 0 Å². The van der Waals surface area contributed by atoms with E-state index in [4.69, 9.17) is 4.74 Å². The van der Waals surface area contributed by atoms with Gasteiger partial charge in [-0.15, -0.1) is 0 Å². The molecule has 0 spiro atoms. The molecule has 2 aromatic rings. The standard InChI is InChI=1S/C17H19F3O/c18-17(19,20)11-5-1-2-6-12-21-16-10-9-14-7-3-4-8-15(14)13-16/h3-4,7-10,13H,1-2,5-6,11-12H2. The summed E-state index contributed by atoms with van der Waals surface area (Å²) < 4.78 is 41.5. The minimum Gasteiger partial charge on any atom is -0.494 e. The second kappa shape index (κ2) is 7.34. The molecule has 21 heavy (non-hydrogen) atoms. The van der Waals surface area contributed by atoms with Crippen LogP contribution in [0.1, 0.15) is 32.1 Å². The second-order valence-electron chi connectivity index (χ2n) is 5.14. The maximum Gasteiger partial charge on any atom is 0.389 e. The predicted molar refractivity (Wildman–Crippen MR) is 78.6 cm³/mol. The van der Waals surface area contributed by atoms with Crippen molar-refractivity contribution in [3.63, 3.8) is 0 Å². The van der Waals surface area contributed by atoms with Crippen LogP contribution in [0.25, 0.3) is 10.8 Å². The molecule has 0 saturated carbocycles. The minimum absolute atomic E-state index is 0.208. The molecule has 1 nitrogen and oxygen atoms in total. The Morgan fingerprint density at radius 2 is 1.52 bits per heavy atom. The van der Waals surface area contributed by atoms with Crippen molar-refractivity contribution in [2.24, 2.45) is 0 Å². The fraction of sp³-hybridized carbons (Fsp3) is 0.412. The molecular formula is C17H19F3O. The molecule has 0 unspecified atom stereocenters. The number of halogens is 3. The van der Waals surface area contributed by atoms with Crippen LogP contribution in [0.15, 0.2) is 42.5 Å². The van der Waals surface area contributed by atoms with Gasteiger partial charge in [-0.3, -0.25) is 0 Å². The van der Waals surface area contributed by atoms with Crippen molar-refractivity contribution in [3.05, 3.63) is 42.5 Å². The molecular weight excluding hydrogens is 277 g/mol. The van der Waals surface area contributed by atoms with Crippen LogP contribution in [0.2, 0.25) is 0 Å². The van der Waals surface area contributed by atoms with E-state index in [0.717, 1.165) is 29.4 Å². The lowest BCUT2D eigenvalue weighted by Gasteiger charge is -2.08. The fourth-order valence-electron chi connectivity index (χ4n) is 2.23. The van der Waals surface area contributed by atoms with Crippen LogP contribution >= 0.6 is 0 Å². The highest BCUT2D eigenvalue weighted by atomic mass is 19.4. The van der Waals surface area contributed by atoms with Gasteiger partial charge in [-0.25, -0.2) is 0 Å². The van der Waals surface area contributed by atoms with E-state index >= 15 is 0 Å². The summed E-state index contributed by atoms with van der Waals surface area (Å²) in [5.74, 6) is 0.809. The van der Waals surface area contributed by atoms with E-state index in [1.54, 1.807) is 0 Å². The summed E-state index contributed by atoms with van der Waals surface area (Å²) in [5, 5.41) is 2.29. The van der Waals surface area contributed by atoms with Gasteiger partial charge in [0.15, 0.2) is 0 Å². The van der Waals surface area contributed by atoms with E-state index in [2.05, 4.69) is 0 Å². The normalized spacial score (nSPS) is 11.8. The highest BCUT2D eigenvalue weighted by Crippen LogP contribution is 2.23. The number of benzene rings is 2. The molecule has 114 valence electrons. The Morgan fingerprint density at radius 1 is 0.810 bits per heavy atom. The molecule has 0 radical (unpaired) electrons. The van der Waals surface area contributed by atoms with Gasteiger partial charge < -0.3 is 4.74 Å². The molecule has 0 N–H and O–H groups in total. The molecule has 2 aromatic carbocycles. The molecule has 0 aromatic heterocycles. The molecule has 4 heteroatoms. The van der Waals surface area contributed by atoms with Gasteiger partial charge >= 0.3 is 6.18 Å². The maximum atomic E-state index is 12.0. The molecule has 0 atom stereocenters. The van der Waals surface area contributed by atoms with Gasteiger partial charge in [-0.1, -0.05) is 43.2 Å². The first kappa shape index (κ1) is 15.7. The highest BCUT2D eigenvalue weighted by Gasteiger charge is 2.25. The molecule has 0 heterocycles. The molecule has 0 bridgehead atoms. The number of hydrogen-bond acceptors (Lipinski definition) is 1. The van der Waals surface area contributed by atoms with Crippen LogP contribution in [0.4, 0.5) is 13.2 Å². The molecule has 2 rings (SSSR count). The highest BCUT2D eigenvalue weighted by molar-refractivity contribution is 5.83. The first-order valence-corrected chi connectivity index (χ1v) is 7.23. The second-order valence-corrected chi connectivity index (χ2v) is 5.14. The average Bonchev–Trinajstić information content (AvgIpc) is 2.45. The van der Waals surface area contributed by atoms with E-state index < -0.39 is 12.6 Å². The summed E-state index contributed by atoms with van der Waals surface area (Å²) in [4.78, 5) is 0. The van der Waals surface area contributed by atoms with Crippen LogP contribution in [0, 0.1) is 0 Å². The average molecular weight is 296 g/mol. The Morgan fingerprint density at radius 3 is 2.29 bits per heavy atom. The summed E-state index contributed by atoms with van der Waals surface area (Å²) >= 11 is 0. The zero-order valence-electron chi connectivity index (χ0n) is 11.8. The maximum absolute atomic E-state index is 12.0. The monoisotopic (exact) mass is 296 g/mol. The Kier molecular flexibility index (Phi) is 5.48. The van der Waals surface area contributed by atoms with E-state index in [-0.39, 0.29) is 6.42 Å². The van der Waals surface area contributed by atoms with Crippen LogP contribution < -0.4 is 4.74 Å². The largest absolute Gasteiger partial charge is 0.494 e. The quantitative estimate of drug-likeness (QED) is 0.593. The van der Waals surface area contributed by atoms with E-state index in [9.17, 15) is 13.2 Å². The third kappa shape index (κ3) is 5.66. The van der Waals surface area contributed by atoms with Gasteiger partial charge in [0.2, 0.25) is 0 Å². The van der Waals surface area contributed by atoms with Crippen LogP contribution in [-0.2, 0) is 0 Å². The van der Waals surface area contributed by atoms with Crippen molar-refractivity contribution in [2.75, 3.05) is 6.61 Å². The third-order valence-electron chi connectivity index (χ3n) is 3.34. The number of alkyl halides is 3. The van der Waals surface area contributed by atoms with Crippen molar-refractivity contribution >= 4 is 10.8 Å². The zero-order chi connectivity index (χ0) is 15.1. The Bertz CT molecular complexity index is 563. The van der Waals surface area contributed by atoms with E-state index in [1.165, 1.54) is 0 Å². The van der Waals surface area contributed by atoms with Gasteiger partial charge in [-0.05, 0) is 35.7 Å². The fourth-order valence-corrected chi connectivity index (χ4v) is 2.23. The SMILES string of the molecule is FC(F)(F)CCCCCCOc1ccc2ccccc2c1. The molecule has 0 fully saturated rings. The third-order valence-corrected chi connectivity index (χ3v) is 3.34. The van der Waals surface area contributed by atoms with Crippen LogP contribution in [-0.4, -0.2) is 12.8 Å². The van der Waals surface area contributed by atoms with Crippen LogP contribution in [0.3, 0.4) is 0 Å². The first-order valence-electron chi connectivity index (χ1n) is 7.23. The molecule has 0 aliphatic carbocycles. The van der Waals surface area contributed by atoms with Gasteiger partial charge in [0.1, 0.15) is 5.75 Å². The topological polar surface area (TPSA) is 9.23 Å². The summed E-state index contributed by atoms with van der Waals surface area (Å²) in [6, 6.07) is 14.0. The Balaban J connectivity index is 1.66. The molecule has 0 aliphatic heterocycles. The van der Waals surface area contributed by atoms with Gasteiger partial charge in [0.05, 0.1) is 6.61 Å². The number of unbranched alkanes of at least 4 members (excludes halogenated alkanes) is 3. The molecule has 0 amide bonds. The first-order chi connectivity index (χ1) is 10.0. The number of hydrogen-bond donors (Lipinski definition) is 0. The van der Waals surface area contributed by atoms with Gasteiger partial charge in [0, 0.05) is 6.42 Å². The number of fused-ring (bicyclic) bond motifs is 1. The summed E-state index contributed by atoms with van der Waals surface area (Å²) in [7, 11) is 0.